The zero-order chi connectivity index (χ0) is 13.4. The van der Waals surface area contributed by atoms with Crippen molar-refractivity contribution in [2.45, 2.75) is 6.92 Å². The second-order valence-corrected chi connectivity index (χ2v) is 4.71. The number of aromatic nitrogens is 4. The van der Waals surface area contributed by atoms with Crippen LogP contribution < -0.4 is 0 Å². The summed E-state index contributed by atoms with van der Waals surface area (Å²) in [4.78, 5) is 0. The van der Waals surface area contributed by atoms with Crippen molar-refractivity contribution >= 4 is 29.3 Å². The largest absolute Gasteiger partial charge is 0.347 e. The van der Waals surface area contributed by atoms with Gasteiger partial charge in [-0.05, 0) is 25.2 Å². The second-order valence-electron chi connectivity index (χ2n) is 4.33. The number of benzene rings is 1. The minimum Gasteiger partial charge on any atom is -0.347 e. The number of fused-ring (bicyclic) bond motifs is 1. The summed E-state index contributed by atoms with van der Waals surface area (Å²) in [5.74, 6) is 0. The lowest BCUT2D eigenvalue weighted by atomic mass is 10.1. The van der Waals surface area contributed by atoms with Crippen molar-refractivity contribution in [1.29, 1.82) is 0 Å². The lowest BCUT2D eigenvalue weighted by Crippen LogP contribution is -1.93. The van der Waals surface area contributed by atoms with Gasteiger partial charge in [0, 0.05) is 29.2 Å². The highest BCUT2D eigenvalue weighted by Crippen LogP contribution is 2.23. The molecule has 96 valence electrons. The molecule has 0 atom stereocenters. The number of hydrogen-bond donors (Lipinski definition) is 1. The van der Waals surface area contributed by atoms with Gasteiger partial charge in [-0.2, -0.15) is 14.9 Å². The van der Waals surface area contributed by atoms with Crippen molar-refractivity contribution in [2.24, 2.45) is 12.1 Å². The summed E-state index contributed by atoms with van der Waals surface area (Å²) < 4.78 is 4.18. The molecule has 5 nitrogen and oxygen atoms in total. The monoisotopic (exact) mass is 271 g/mol. The number of nitrogens with one attached hydrogen (secondary N) is 1. The van der Waals surface area contributed by atoms with Crippen molar-refractivity contribution in [3.63, 3.8) is 0 Å². The first kappa shape index (κ1) is 11.9. The zero-order valence-electron chi connectivity index (χ0n) is 10.7. The fraction of sp³-hybridized carbons (Fsp3) is 0.154. The molecule has 0 bridgehead atoms. The minimum absolute atomic E-state index is 0.481. The summed E-state index contributed by atoms with van der Waals surface area (Å²) in [7, 11) is 2.05. The molecule has 0 radical (unpaired) electrons. The van der Waals surface area contributed by atoms with Crippen molar-refractivity contribution in [3.05, 3.63) is 46.6 Å². The van der Waals surface area contributed by atoms with Gasteiger partial charge >= 0.3 is 0 Å². The van der Waals surface area contributed by atoms with Crippen molar-refractivity contribution in [1.82, 2.24) is 19.4 Å². The molecule has 0 aliphatic carbocycles. The third-order valence-corrected chi connectivity index (χ3v) is 3.57. The van der Waals surface area contributed by atoms with E-state index in [0.717, 1.165) is 5.56 Å². The fourth-order valence-electron chi connectivity index (χ4n) is 2.16. The topological polar surface area (TPSA) is 50.9 Å². The van der Waals surface area contributed by atoms with Gasteiger partial charge in [0.2, 0.25) is 4.77 Å². The minimum atomic E-state index is 0.481. The van der Waals surface area contributed by atoms with E-state index in [9.17, 15) is 0 Å². The third-order valence-electron chi connectivity index (χ3n) is 3.30. The highest BCUT2D eigenvalue weighted by molar-refractivity contribution is 7.71. The van der Waals surface area contributed by atoms with Gasteiger partial charge in [-0.25, -0.2) is 0 Å². The van der Waals surface area contributed by atoms with Gasteiger partial charge < -0.3 is 4.57 Å². The van der Waals surface area contributed by atoms with E-state index < -0.39 is 0 Å². The second kappa shape index (κ2) is 4.47. The molecule has 19 heavy (non-hydrogen) atoms. The molecule has 6 heteroatoms. The Kier molecular flexibility index (Phi) is 2.79. The summed E-state index contributed by atoms with van der Waals surface area (Å²) >= 11 is 5.06. The molecular weight excluding hydrogens is 258 g/mol. The number of aromatic amines is 1. The molecule has 0 unspecified atom stereocenters. The first-order valence-corrected chi connectivity index (χ1v) is 6.29. The fourth-order valence-corrected chi connectivity index (χ4v) is 2.30. The normalized spacial score (nSPS) is 11.7. The van der Waals surface area contributed by atoms with Gasteiger partial charge in [-0.1, -0.05) is 18.2 Å². The van der Waals surface area contributed by atoms with Gasteiger partial charge in [-0.3, -0.25) is 5.10 Å². The van der Waals surface area contributed by atoms with Gasteiger partial charge in [0.1, 0.15) is 6.33 Å². The third kappa shape index (κ3) is 1.90. The molecule has 3 rings (SSSR count). The Hall–Kier alpha value is -2.21. The van der Waals surface area contributed by atoms with Crippen molar-refractivity contribution in [2.75, 3.05) is 0 Å². The summed E-state index contributed by atoms with van der Waals surface area (Å²) in [6, 6.07) is 8.26. The highest BCUT2D eigenvalue weighted by atomic mass is 32.1. The predicted octanol–water partition coefficient (Wildman–Crippen LogP) is 2.62. The van der Waals surface area contributed by atoms with Crippen LogP contribution in [0.25, 0.3) is 10.9 Å². The highest BCUT2D eigenvalue weighted by Gasteiger charge is 2.09. The number of aryl methyl sites for hydroxylation is 1. The summed E-state index contributed by atoms with van der Waals surface area (Å²) in [5.41, 5.74) is 3.46. The molecule has 0 fully saturated rings. The van der Waals surface area contributed by atoms with Crippen LogP contribution in [-0.4, -0.2) is 25.7 Å². The predicted molar refractivity (Wildman–Crippen MR) is 78.1 cm³/mol. The molecule has 1 aromatic carbocycles. The molecule has 0 aliphatic rings. The number of nitrogens with zero attached hydrogens (tertiary/aromatic N) is 4. The molecular formula is C13H13N5S. The van der Waals surface area contributed by atoms with E-state index in [0.29, 0.717) is 4.77 Å². The Bertz CT molecular complexity index is 821. The van der Waals surface area contributed by atoms with Crippen LogP contribution in [-0.2, 0) is 7.05 Å². The van der Waals surface area contributed by atoms with Gasteiger partial charge in [-0.15, -0.1) is 0 Å². The van der Waals surface area contributed by atoms with Crippen molar-refractivity contribution < 1.29 is 0 Å². The lowest BCUT2D eigenvalue weighted by molar-refractivity contribution is 0.861. The van der Waals surface area contributed by atoms with Crippen LogP contribution in [0.15, 0.2) is 35.7 Å². The van der Waals surface area contributed by atoms with Gasteiger partial charge in [0.25, 0.3) is 0 Å². The molecule has 0 amide bonds. The number of hydrogen-bond acceptors (Lipinski definition) is 3. The van der Waals surface area contributed by atoms with Crippen LogP contribution in [0.1, 0.15) is 11.3 Å². The Balaban J connectivity index is 2.16. The van der Waals surface area contributed by atoms with Gasteiger partial charge in [0.15, 0.2) is 0 Å². The van der Waals surface area contributed by atoms with Crippen LogP contribution >= 0.6 is 12.2 Å². The molecule has 0 spiro atoms. The molecule has 1 N–H and O–H groups in total. The van der Waals surface area contributed by atoms with E-state index in [-0.39, 0.29) is 0 Å². The van der Waals surface area contributed by atoms with Crippen LogP contribution in [0.4, 0.5) is 0 Å². The van der Waals surface area contributed by atoms with Crippen LogP contribution in [0, 0.1) is 11.7 Å². The van der Waals surface area contributed by atoms with Crippen LogP contribution in [0.3, 0.4) is 0 Å². The van der Waals surface area contributed by atoms with E-state index in [1.165, 1.54) is 21.3 Å². The summed E-state index contributed by atoms with van der Waals surface area (Å²) in [6.45, 7) is 2.08. The van der Waals surface area contributed by atoms with E-state index >= 15 is 0 Å². The average Bonchev–Trinajstić information content (AvgIpc) is 2.93. The lowest BCUT2D eigenvalue weighted by Gasteiger charge is -1.97. The average molecular weight is 271 g/mol. The number of para-hydroxylation sites is 1. The number of H-pyrrole nitrogens is 1. The number of rotatable bonds is 2. The quantitative estimate of drug-likeness (QED) is 0.575. The molecule has 2 aromatic heterocycles. The summed E-state index contributed by atoms with van der Waals surface area (Å²) in [5, 5.41) is 12.0. The maximum Gasteiger partial charge on any atom is 0.216 e. The summed E-state index contributed by atoms with van der Waals surface area (Å²) in [6.07, 6.45) is 3.38. The van der Waals surface area contributed by atoms with E-state index in [4.69, 9.17) is 12.2 Å². The molecule has 2 heterocycles. The first-order chi connectivity index (χ1) is 9.18. The zero-order valence-corrected chi connectivity index (χ0v) is 11.5. The van der Waals surface area contributed by atoms with Crippen LogP contribution in [0.2, 0.25) is 0 Å². The first-order valence-electron chi connectivity index (χ1n) is 5.89. The van der Waals surface area contributed by atoms with E-state index in [2.05, 4.69) is 46.0 Å². The van der Waals surface area contributed by atoms with Crippen molar-refractivity contribution in [3.8, 4) is 0 Å². The van der Waals surface area contributed by atoms with Crippen LogP contribution in [0.5, 0.6) is 0 Å². The Morgan fingerprint density at radius 1 is 1.37 bits per heavy atom. The Morgan fingerprint density at radius 2 is 2.16 bits per heavy atom. The molecule has 0 saturated carbocycles. The molecule has 3 aromatic rings. The molecule has 0 aliphatic heterocycles. The smallest absolute Gasteiger partial charge is 0.216 e. The van der Waals surface area contributed by atoms with E-state index in [1.807, 2.05) is 18.3 Å². The maximum absolute atomic E-state index is 5.06. The standard InChI is InChI=1S/C13H13N5S/c1-9-11(7-15-18-8-14-16-13(18)19)10-5-3-4-6-12(10)17(9)2/h3-8H,1-2H3,(H,16,19). The Morgan fingerprint density at radius 3 is 2.89 bits per heavy atom. The van der Waals surface area contributed by atoms with E-state index in [1.54, 1.807) is 6.33 Å². The molecule has 0 saturated heterocycles. The Labute approximate surface area is 115 Å². The maximum atomic E-state index is 5.06. The van der Waals surface area contributed by atoms with Gasteiger partial charge in [0.05, 0.1) is 6.21 Å². The SMILES string of the molecule is Cc1c(C=Nn2cn[nH]c2=S)c2ccccc2n1C.